The summed E-state index contributed by atoms with van der Waals surface area (Å²) in [7, 11) is 0. The Balaban J connectivity index is 2.33. The lowest BCUT2D eigenvalue weighted by Gasteiger charge is -2.00. The van der Waals surface area contributed by atoms with Gasteiger partial charge in [0, 0.05) is 12.1 Å². The molecule has 0 radical (unpaired) electrons. The minimum absolute atomic E-state index is 0.847. The first-order chi connectivity index (χ1) is 4.18. The third-order valence-electron chi connectivity index (χ3n) is 2.36. The van der Waals surface area contributed by atoms with E-state index >= 15 is 0 Å². The molecule has 0 amide bonds. The van der Waals surface area contributed by atoms with Crippen LogP contribution in [0.25, 0.3) is 0 Å². The molecular formula is C8H17N. The van der Waals surface area contributed by atoms with Crippen LogP contribution in [0.15, 0.2) is 0 Å². The van der Waals surface area contributed by atoms with Crippen LogP contribution in [0.2, 0.25) is 0 Å². The van der Waals surface area contributed by atoms with Gasteiger partial charge in [-0.15, -0.1) is 0 Å². The first-order valence-electron chi connectivity index (χ1n) is 3.94. The smallest absolute Gasteiger partial charge is 0.0275 e. The van der Waals surface area contributed by atoms with Gasteiger partial charge in [0.15, 0.2) is 0 Å². The lowest BCUT2D eigenvalue weighted by Crippen LogP contribution is -2.06. The van der Waals surface area contributed by atoms with Crippen LogP contribution in [0.4, 0.5) is 0 Å². The largest absolute Gasteiger partial charge is 0.295 e. The van der Waals surface area contributed by atoms with Gasteiger partial charge >= 0.3 is 0 Å². The fourth-order valence-corrected chi connectivity index (χ4v) is 1.87. The van der Waals surface area contributed by atoms with Crippen molar-refractivity contribution in [3.63, 3.8) is 0 Å². The summed E-state index contributed by atoms with van der Waals surface area (Å²) in [6.45, 7) is 10.4. The summed E-state index contributed by atoms with van der Waals surface area (Å²) < 4.78 is 0. The lowest BCUT2D eigenvalue weighted by atomic mass is 10.1. The summed E-state index contributed by atoms with van der Waals surface area (Å²) in [6, 6.07) is 1.74. The van der Waals surface area contributed by atoms with Crippen molar-refractivity contribution in [3.05, 3.63) is 0 Å². The molecule has 1 fully saturated rings. The third-order valence-corrected chi connectivity index (χ3v) is 2.36. The fourth-order valence-electron chi connectivity index (χ4n) is 1.87. The molecular weight excluding hydrogens is 110 g/mol. The maximum atomic E-state index is 2.53. The molecule has 0 bridgehead atoms. The first kappa shape index (κ1) is 7.07. The van der Waals surface area contributed by atoms with Crippen molar-refractivity contribution >= 4 is 0 Å². The van der Waals surface area contributed by atoms with E-state index in [1.54, 1.807) is 0 Å². The number of nitrogens with zero attached hydrogens (tertiary/aromatic N) is 1. The zero-order valence-electron chi connectivity index (χ0n) is 6.89. The maximum absolute atomic E-state index is 2.53. The maximum Gasteiger partial charge on any atom is 0.0275 e. The highest BCUT2D eigenvalue weighted by molar-refractivity contribution is 4.99. The van der Waals surface area contributed by atoms with E-state index in [0.29, 0.717) is 0 Å². The van der Waals surface area contributed by atoms with Crippen LogP contribution in [-0.2, 0) is 0 Å². The van der Waals surface area contributed by atoms with Gasteiger partial charge in [0.25, 0.3) is 0 Å². The van der Waals surface area contributed by atoms with Crippen molar-refractivity contribution < 1.29 is 0 Å². The Labute approximate surface area is 58.0 Å². The van der Waals surface area contributed by atoms with Crippen LogP contribution in [0, 0.1) is 5.92 Å². The summed E-state index contributed by atoms with van der Waals surface area (Å²) in [5.74, 6) is 0.847. The zero-order chi connectivity index (χ0) is 7.02. The van der Waals surface area contributed by atoms with Crippen LogP contribution >= 0.6 is 0 Å². The molecule has 54 valence electrons. The Bertz CT molecular complexity index is 98.7. The number of rotatable bonds is 2. The summed E-state index contributed by atoms with van der Waals surface area (Å²) >= 11 is 0. The molecule has 0 aliphatic carbocycles. The molecule has 1 heteroatoms. The summed E-state index contributed by atoms with van der Waals surface area (Å²) in [6.07, 6.45) is 0. The van der Waals surface area contributed by atoms with Crippen LogP contribution in [-0.4, -0.2) is 23.5 Å². The third kappa shape index (κ3) is 1.11. The normalized spacial score (nSPS) is 41.7. The lowest BCUT2D eigenvalue weighted by molar-refractivity contribution is 0.457. The molecule has 1 nitrogen and oxygen atoms in total. The van der Waals surface area contributed by atoms with Crippen molar-refractivity contribution in [2.45, 2.75) is 39.8 Å². The molecule has 1 saturated heterocycles. The SMILES string of the molecule is CCN1[C@@H](C)[C@@H]1C(C)C. The fraction of sp³-hybridized carbons (Fsp3) is 1.00. The zero-order valence-corrected chi connectivity index (χ0v) is 6.89. The molecule has 1 rings (SSSR count). The molecule has 3 atom stereocenters. The Morgan fingerprint density at radius 2 is 2.00 bits per heavy atom. The van der Waals surface area contributed by atoms with Crippen molar-refractivity contribution in [2.24, 2.45) is 5.92 Å². The second kappa shape index (κ2) is 2.30. The highest BCUT2D eigenvalue weighted by Crippen LogP contribution is 2.32. The van der Waals surface area contributed by atoms with Crippen molar-refractivity contribution in [1.82, 2.24) is 4.90 Å². The highest BCUT2D eigenvalue weighted by Gasteiger charge is 2.43. The molecule has 1 aliphatic heterocycles. The van der Waals surface area contributed by atoms with E-state index in [0.717, 1.165) is 18.0 Å². The number of likely N-dealkylation sites (N-methyl/N-ethyl adjacent to an activating group) is 1. The van der Waals surface area contributed by atoms with E-state index in [1.807, 2.05) is 0 Å². The highest BCUT2D eigenvalue weighted by atomic mass is 15.3. The van der Waals surface area contributed by atoms with Gasteiger partial charge in [0.05, 0.1) is 0 Å². The Morgan fingerprint density at radius 3 is 2.11 bits per heavy atom. The van der Waals surface area contributed by atoms with Crippen molar-refractivity contribution in [2.75, 3.05) is 6.54 Å². The number of hydrogen-bond donors (Lipinski definition) is 0. The number of hydrogen-bond acceptors (Lipinski definition) is 1. The molecule has 0 spiro atoms. The molecule has 0 N–H and O–H groups in total. The second-order valence-corrected chi connectivity index (χ2v) is 3.31. The monoisotopic (exact) mass is 127 g/mol. The van der Waals surface area contributed by atoms with Crippen LogP contribution in [0.1, 0.15) is 27.7 Å². The molecule has 0 aromatic carbocycles. The summed E-state index contributed by atoms with van der Waals surface area (Å²) in [4.78, 5) is 2.53. The summed E-state index contributed by atoms with van der Waals surface area (Å²) in [5.41, 5.74) is 0. The van der Waals surface area contributed by atoms with E-state index in [-0.39, 0.29) is 0 Å². The average molecular weight is 127 g/mol. The minimum atomic E-state index is 0.847. The van der Waals surface area contributed by atoms with Crippen molar-refractivity contribution in [3.8, 4) is 0 Å². The summed E-state index contributed by atoms with van der Waals surface area (Å²) in [5, 5.41) is 0. The molecule has 0 saturated carbocycles. The Hall–Kier alpha value is -0.0400. The van der Waals surface area contributed by atoms with Crippen LogP contribution in [0.3, 0.4) is 0 Å². The average Bonchev–Trinajstić information content (AvgIpc) is 2.40. The van der Waals surface area contributed by atoms with E-state index in [1.165, 1.54) is 6.54 Å². The van der Waals surface area contributed by atoms with Gasteiger partial charge in [-0.1, -0.05) is 20.8 Å². The molecule has 9 heavy (non-hydrogen) atoms. The standard InChI is InChI=1S/C8H17N/c1-5-9-7(4)8(9)6(2)3/h6-8H,5H2,1-4H3/t7-,8-,9?/m0/s1. The quantitative estimate of drug-likeness (QED) is 0.510. The van der Waals surface area contributed by atoms with Crippen LogP contribution in [0.5, 0.6) is 0 Å². The topological polar surface area (TPSA) is 3.01 Å². The van der Waals surface area contributed by atoms with Gasteiger partial charge in [0.2, 0.25) is 0 Å². The predicted molar refractivity (Wildman–Crippen MR) is 40.5 cm³/mol. The molecule has 0 aromatic rings. The van der Waals surface area contributed by atoms with E-state index < -0.39 is 0 Å². The Morgan fingerprint density at radius 1 is 1.44 bits per heavy atom. The van der Waals surface area contributed by atoms with Crippen LogP contribution < -0.4 is 0 Å². The molecule has 1 unspecified atom stereocenters. The predicted octanol–water partition coefficient (Wildman–Crippen LogP) is 1.74. The van der Waals surface area contributed by atoms with Crippen molar-refractivity contribution in [1.29, 1.82) is 0 Å². The Kier molecular flexibility index (Phi) is 1.80. The van der Waals surface area contributed by atoms with Gasteiger partial charge in [-0.05, 0) is 19.4 Å². The minimum Gasteiger partial charge on any atom is -0.295 e. The molecule has 1 heterocycles. The first-order valence-corrected chi connectivity index (χ1v) is 3.94. The molecule has 1 aliphatic rings. The van der Waals surface area contributed by atoms with Gasteiger partial charge in [-0.3, -0.25) is 4.90 Å². The van der Waals surface area contributed by atoms with Gasteiger partial charge in [-0.2, -0.15) is 0 Å². The second-order valence-electron chi connectivity index (χ2n) is 3.31. The van der Waals surface area contributed by atoms with E-state index in [2.05, 4.69) is 32.6 Å². The van der Waals surface area contributed by atoms with E-state index in [4.69, 9.17) is 0 Å². The van der Waals surface area contributed by atoms with Gasteiger partial charge in [-0.25, -0.2) is 0 Å². The van der Waals surface area contributed by atoms with E-state index in [9.17, 15) is 0 Å². The van der Waals surface area contributed by atoms with Gasteiger partial charge < -0.3 is 0 Å². The van der Waals surface area contributed by atoms with Gasteiger partial charge in [0.1, 0.15) is 0 Å². The molecule has 0 aromatic heterocycles.